The van der Waals surface area contributed by atoms with Crippen molar-refractivity contribution < 1.29 is 96.8 Å². The lowest BCUT2D eigenvalue weighted by molar-refractivity contribution is -0.144. The number of amides is 16. The Morgan fingerprint density at radius 3 is 1.08 bits per heavy atom. The molecule has 0 aromatic rings. The van der Waals surface area contributed by atoms with Gasteiger partial charge >= 0.3 is 5.97 Å². The highest BCUT2D eigenvalue weighted by Crippen LogP contribution is 2.23. The highest BCUT2D eigenvalue weighted by Gasteiger charge is 2.43. The average molecular weight is 1910 g/mol. The van der Waals surface area contributed by atoms with Crippen molar-refractivity contribution in [2.24, 2.45) is 51.8 Å². The number of hydrogen-bond acceptors (Lipinski definition) is 28. The molecule has 56 nitrogen and oxygen atoms in total. The molecule has 750 valence electrons. The predicted octanol–water partition coefficient (Wildman–Crippen LogP) is -14.2. The number of thiol groups is 1. The second kappa shape index (κ2) is 63.0. The third-order valence-electron chi connectivity index (χ3n) is 20.9. The summed E-state index contributed by atoms with van der Waals surface area (Å²) in [4.78, 5) is 237. The maximum Gasteiger partial charge on any atom is 0.327 e. The van der Waals surface area contributed by atoms with Crippen LogP contribution >= 0.6 is 12.6 Å². The van der Waals surface area contributed by atoms with E-state index in [-0.39, 0.29) is 192 Å². The number of aliphatic carboxylic acids is 1. The third kappa shape index (κ3) is 46.0. The summed E-state index contributed by atoms with van der Waals surface area (Å²) in [7, 11) is 0. The number of guanidine groups is 6. The molecule has 0 radical (unpaired) electrons. The predicted molar refractivity (Wildman–Crippen MR) is 486 cm³/mol. The highest BCUT2D eigenvalue weighted by atomic mass is 32.1. The summed E-state index contributed by atoms with van der Waals surface area (Å²) in [6.07, 6.45) is -0.561. The average Bonchev–Trinajstić information content (AvgIpc) is 1.69. The van der Waals surface area contributed by atoms with Crippen molar-refractivity contribution in [3.8, 4) is 0 Å². The van der Waals surface area contributed by atoms with E-state index in [4.69, 9.17) is 78.3 Å². The van der Waals surface area contributed by atoms with Gasteiger partial charge < -0.3 is 177 Å². The van der Waals surface area contributed by atoms with Crippen LogP contribution in [0.15, 0.2) is 0 Å². The molecule has 0 bridgehead atoms. The van der Waals surface area contributed by atoms with Crippen LogP contribution in [0.2, 0.25) is 0 Å². The molecule has 0 aliphatic carbocycles. The van der Waals surface area contributed by atoms with Crippen LogP contribution in [0.3, 0.4) is 0 Å². The molecule has 2 fully saturated rings. The smallest absolute Gasteiger partial charge is 0.327 e. The van der Waals surface area contributed by atoms with Crippen molar-refractivity contribution in [1.82, 2.24) is 116 Å². The van der Waals surface area contributed by atoms with Crippen LogP contribution in [0, 0.1) is 38.4 Å². The van der Waals surface area contributed by atoms with Gasteiger partial charge in [0.1, 0.15) is 78.5 Å². The maximum atomic E-state index is 14.6. The van der Waals surface area contributed by atoms with Gasteiger partial charge in [-0.2, -0.15) is 12.6 Å². The van der Waals surface area contributed by atoms with Gasteiger partial charge in [-0.1, -0.05) is 20.3 Å². The first kappa shape index (κ1) is 116. The zero-order valence-corrected chi connectivity index (χ0v) is 76.0. The minimum atomic E-state index is -1.87. The number of hydrogen-bond donors (Lipinski definition) is 38. The Morgan fingerprint density at radius 1 is 0.383 bits per heavy atom. The van der Waals surface area contributed by atoms with Crippen molar-refractivity contribution in [2.45, 2.75) is 234 Å². The van der Waals surface area contributed by atoms with Gasteiger partial charge in [-0.15, -0.1) is 0 Å². The minimum absolute atomic E-state index is 0.00385. The number of carboxylic acids is 1. The molecule has 2 aliphatic heterocycles. The van der Waals surface area contributed by atoms with E-state index in [9.17, 15) is 96.8 Å². The Hall–Kier alpha value is -13.2. The number of carbonyl (C=O) groups is 17. The van der Waals surface area contributed by atoms with Crippen LogP contribution < -0.4 is 152 Å². The van der Waals surface area contributed by atoms with Crippen molar-refractivity contribution in [3.63, 3.8) is 0 Å². The van der Waals surface area contributed by atoms with Crippen LogP contribution in [0.4, 0.5) is 0 Å². The van der Waals surface area contributed by atoms with Gasteiger partial charge in [0, 0.05) is 58.1 Å². The maximum absolute atomic E-state index is 14.6. The van der Waals surface area contributed by atoms with E-state index in [2.05, 4.69) is 119 Å². The normalized spacial score (nSPS) is 16.1. The van der Waals surface area contributed by atoms with Gasteiger partial charge in [0.2, 0.25) is 94.5 Å². The lowest BCUT2D eigenvalue weighted by Gasteiger charge is -2.31. The Kier molecular flexibility index (Phi) is 54.9. The molecule has 2 aliphatic rings. The molecule has 2 saturated heterocycles. The molecule has 133 heavy (non-hydrogen) atoms. The quantitative estimate of drug-likeness (QED) is 0.0116. The van der Waals surface area contributed by atoms with Crippen molar-refractivity contribution in [3.05, 3.63) is 0 Å². The third-order valence-corrected chi connectivity index (χ3v) is 21.3. The van der Waals surface area contributed by atoms with Crippen molar-refractivity contribution in [1.29, 1.82) is 32.5 Å². The van der Waals surface area contributed by atoms with Gasteiger partial charge in [-0.05, 0) is 141 Å². The largest absolute Gasteiger partial charge is 0.480 e. The number of carbonyl (C=O) groups excluding carboxylic acids is 16. The Labute approximate surface area is 774 Å². The molecule has 0 saturated carbocycles. The number of carboxylic acid groups (broad SMARTS) is 1. The van der Waals surface area contributed by atoms with Gasteiger partial charge in [0.25, 0.3) is 0 Å². The Bertz CT molecular complexity index is 3970. The molecular weight excluding hydrogens is 1770 g/mol. The van der Waals surface area contributed by atoms with Crippen LogP contribution in [0.25, 0.3) is 0 Å². The van der Waals surface area contributed by atoms with Crippen LogP contribution in [0.5, 0.6) is 0 Å². The number of aliphatic hydroxyl groups excluding tert-OH is 2. The highest BCUT2D eigenvalue weighted by molar-refractivity contribution is 7.80. The fourth-order valence-electron chi connectivity index (χ4n) is 13.6. The summed E-state index contributed by atoms with van der Waals surface area (Å²) in [5.41, 5.74) is 44.1. The first-order valence-corrected chi connectivity index (χ1v) is 44.3. The summed E-state index contributed by atoms with van der Waals surface area (Å²) in [5.74, 6) is -19.5. The number of likely N-dealkylation sites (tertiary alicyclic amines) is 2. The molecule has 0 spiro atoms. The van der Waals surface area contributed by atoms with E-state index < -0.39 is 248 Å². The molecule has 0 aromatic heterocycles. The zero-order chi connectivity index (χ0) is 100.0. The van der Waals surface area contributed by atoms with Crippen LogP contribution in [-0.2, 0) is 81.5 Å². The minimum Gasteiger partial charge on any atom is -0.480 e. The molecule has 45 N–H and O–H groups in total. The number of nitrogens with zero attached hydrogens (tertiary/aromatic N) is 2. The van der Waals surface area contributed by atoms with Gasteiger partial charge in [-0.25, -0.2) is 4.79 Å². The van der Waals surface area contributed by atoms with E-state index in [0.717, 1.165) is 6.92 Å². The molecule has 57 heteroatoms. The van der Waals surface area contributed by atoms with Gasteiger partial charge in [0.05, 0.1) is 38.9 Å². The number of rotatable bonds is 64. The summed E-state index contributed by atoms with van der Waals surface area (Å²) >= 11 is 4.00. The fraction of sp³-hybridized carbons (Fsp3) is 0.697. The van der Waals surface area contributed by atoms with E-state index in [1.54, 1.807) is 13.8 Å². The second-order valence-corrected chi connectivity index (χ2v) is 31.9. The molecule has 2 heterocycles. The van der Waals surface area contributed by atoms with E-state index in [0.29, 0.717) is 12.8 Å². The SMILES string of the molecule is CC[C@H](C)[C@H](NC(=O)[C@H](CCCNC(=N)N)NC(=O)[C@H](CCCNC(=N)N)NC(=O)CNC(=O)[C@H](CCCCN)NC(=O)CNC(=O)[C@H](CCCNC(=N)N)NC(=O)[C@@H](NC(=O)CNC(=O)[C@H](CCCNC(=N)N)NC(=O)[C@@H]1CCCN1C(=O)[C@H](CCCNC(=N)N)NC(=O)[C@@H]1CCCN1C(=O)CNC(=O)[C@@H](N)CO)[C@@H](C)O)C(=O)N[C@@H](CCCNC(=N)N)C(=O)N[C@@H](CS)C(=O)O. The zero-order valence-electron chi connectivity index (χ0n) is 75.2. The Balaban J connectivity index is 2.39. The van der Waals surface area contributed by atoms with Crippen LogP contribution in [-0.4, -0.2) is 343 Å². The number of unbranched alkanes of at least 4 members (excludes halogenated alkanes) is 1. The number of aliphatic hydroxyl groups is 2. The van der Waals surface area contributed by atoms with Gasteiger partial charge in [-0.3, -0.25) is 109 Å². The second-order valence-electron chi connectivity index (χ2n) is 31.6. The Morgan fingerprint density at radius 2 is 0.699 bits per heavy atom. The van der Waals surface area contributed by atoms with Crippen molar-refractivity contribution >= 4 is 149 Å². The summed E-state index contributed by atoms with van der Waals surface area (Å²) in [6.45, 7) is 0.975. The molecule has 0 unspecified atom stereocenters. The fourth-order valence-corrected chi connectivity index (χ4v) is 13.8. The van der Waals surface area contributed by atoms with Crippen LogP contribution in [0.1, 0.15) is 149 Å². The first-order valence-electron chi connectivity index (χ1n) is 43.7. The monoisotopic (exact) mass is 1910 g/mol. The number of nitrogens with two attached hydrogens (primary N) is 8. The van der Waals surface area contributed by atoms with E-state index in [1.165, 1.54) is 9.80 Å². The van der Waals surface area contributed by atoms with E-state index >= 15 is 0 Å². The first-order chi connectivity index (χ1) is 62.9. The topological polar surface area (TPSA) is 949 Å². The lowest BCUT2D eigenvalue weighted by Crippen LogP contribution is -2.60. The molecule has 2 rings (SSSR count). The standard InChI is InChI=1S/C76H140N36O20S/c1-4-39(2)56(67(128)106-46(19-10-28-94-74(85)86)63(124)108-49(38-133)70(131)132)110-64(125)47(20-11-29-95-75(87)88)103-62(123)45(18-9-27-93-73(83)84)102-53(116)34-97-59(120)42(15-5-6-24-77)101-52(115)33-98-61(122)44(17-8-26-92-72(81)82)105-68(129)57(40(3)114)109-54(117)35-99-60(121)43(16-7-25-91-71(79)80)104-66(127)51-23-14-32-112(51)69(130)48(21-12-30-96-76(89)90)107-65(126)50-22-13-31-111(50)55(118)36-100-58(119)41(78)37-113/h39-51,56-57,113-114,133H,4-38,77-78H2,1-3H3,(H,97,120)(H,98,122)(H,99,121)(H,100,119)(H,101,115)(H,102,116)(H,103,123)(H,104,127)(H,105,129)(H,106,128)(H,107,126)(H,108,124)(H,109,117)(H,110,125)(H,131,132)(H4,79,80,91)(H4,81,82,92)(H4,83,84,93)(H4,85,86,94)(H4,87,88,95)(H4,89,90,96)/t39-,40+,41-,42-,43-,44-,45-,46-,47-,48-,49-,50-,51-,56-,57-/m0/s1. The lowest BCUT2D eigenvalue weighted by atomic mass is 9.96. The molecule has 16 amide bonds. The van der Waals surface area contributed by atoms with Gasteiger partial charge in [0.15, 0.2) is 35.8 Å². The molecular formula is C76H140N36O20S. The summed E-state index contributed by atoms with van der Waals surface area (Å²) in [5, 5.41) is 125. The van der Waals surface area contributed by atoms with E-state index in [1.807, 2.05) is 0 Å². The summed E-state index contributed by atoms with van der Waals surface area (Å²) < 4.78 is 0. The summed E-state index contributed by atoms with van der Waals surface area (Å²) in [6, 6.07) is -18.5. The molecule has 0 aromatic carbocycles. The molecule has 15 atom stereocenters. The van der Waals surface area contributed by atoms with Crippen molar-refractivity contribution in [2.75, 3.05) is 97.4 Å². The number of nitrogens with one attached hydrogen (secondary N) is 26.